The van der Waals surface area contributed by atoms with Gasteiger partial charge in [-0.05, 0) is 37.5 Å². The number of likely N-dealkylation sites (N-methyl/N-ethyl adjacent to an activating group) is 1. The van der Waals surface area contributed by atoms with Crippen molar-refractivity contribution in [1.82, 2.24) is 4.90 Å². The first-order chi connectivity index (χ1) is 13.8. The van der Waals surface area contributed by atoms with Crippen LogP contribution in [-0.2, 0) is 9.59 Å². The molecule has 0 aromatic carbocycles. The van der Waals surface area contributed by atoms with E-state index in [1.807, 2.05) is 38.2 Å². The Bertz CT molecular complexity index is 793. The molecule has 158 valence electrons. The summed E-state index contributed by atoms with van der Waals surface area (Å²) in [6.07, 6.45) is 15.3. The van der Waals surface area contributed by atoms with Crippen LogP contribution in [0.1, 0.15) is 40.0 Å². The highest BCUT2D eigenvalue weighted by molar-refractivity contribution is 6.26. The quantitative estimate of drug-likeness (QED) is 0.249. The first-order valence-electron chi connectivity index (χ1n) is 10.6. The molecule has 2 fully saturated rings. The van der Waals surface area contributed by atoms with E-state index >= 15 is 0 Å². The Balaban J connectivity index is 2.13. The fourth-order valence-electron chi connectivity index (χ4n) is 5.44. The van der Waals surface area contributed by atoms with Crippen molar-refractivity contribution in [1.29, 1.82) is 0 Å². The Morgan fingerprint density at radius 3 is 2.62 bits per heavy atom. The maximum atomic E-state index is 12.9. The van der Waals surface area contributed by atoms with E-state index in [4.69, 9.17) is 0 Å². The van der Waals surface area contributed by atoms with E-state index in [0.717, 1.165) is 19.3 Å². The molecule has 1 heterocycles. The molecule has 1 saturated carbocycles. The highest BCUT2D eigenvalue weighted by atomic mass is 16.3. The van der Waals surface area contributed by atoms with Gasteiger partial charge in [0.1, 0.15) is 17.4 Å². The largest absolute Gasteiger partial charge is 0.511 e. The van der Waals surface area contributed by atoms with Gasteiger partial charge < -0.3 is 15.1 Å². The summed E-state index contributed by atoms with van der Waals surface area (Å²) >= 11 is 0. The van der Waals surface area contributed by atoms with Crippen molar-refractivity contribution in [2.45, 2.75) is 46.1 Å². The summed E-state index contributed by atoms with van der Waals surface area (Å²) < 4.78 is 0. The van der Waals surface area contributed by atoms with E-state index in [0.29, 0.717) is 11.8 Å². The predicted octanol–water partition coefficient (Wildman–Crippen LogP) is 3.58. The molecule has 0 bridgehead atoms. The fraction of sp³-hybridized carbons (Fsp3) is 0.583. The first-order valence-corrected chi connectivity index (χ1v) is 10.6. The van der Waals surface area contributed by atoms with Crippen molar-refractivity contribution in [2.75, 3.05) is 13.7 Å². The van der Waals surface area contributed by atoms with Gasteiger partial charge in [0.05, 0.1) is 6.61 Å². The molecule has 29 heavy (non-hydrogen) atoms. The second-order valence-corrected chi connectivity index (χ2v) is 8.99. The van der Waals surface area contributed by atoms with Crippen LogP contribution in [0.25, 0.3) is 0 Å². The van der Waals surface area contributed by atoms with Gasteiger partial charge in [-0.15, -0.1) is 0 Å². The van der Waals surface area contributed by atoms with Crippen molar-refractivity contribution in [3.8, 4) is 0 Å². The zero-order chi connectivity index (χ0) is 21.3. The summed E-state index contributed by atoms with van der Waals surface area (Å²) in [6, 6.07) is -0.915. The number of allylic oxidation sites excluding steroid dienone is 7. The van der Waals surface area contributed by atoms with Gasteiger partial charge in [-0.1, -0.05) is 56.7 Å². The SMILES string of the molecule is C/C=C/C=C/[C@@H]1C=C[C@@H]2C[C@H](C)CC[C@H]2[C@]1(C)/C(O)=C1\C(=O)[C@H](CO)N(C)C1=O. The number of amides is 1. The van der Waals surface area contributed by atoms with Crippen LogP contribution in [0.2, 0.25) is 0 Å². The van der Waals surface area contributed by atoms with E-state index in [1.54, 1.807) is 0 Å². The third-order valence-corrected chi connectivity index (χ3v) is 7.28. The Morgan fingerprint density at radius 2 is 2.00 bits per heavy atom. The van der Waals surface area contributed by atoms with Crippen LogP contribution in [0.3, 0.4) is 0 Å². The molecular weight excluding hydrogens is 366 g/mol. The van der Waals surface area contributed by atoms with Crippen LogP contribution >= 0.6 is 0 Å². The lowest BCUT2D eigenvalue weighted by atomic mass is 9.54. The summed E-state index contributed by atoms with van der Waals surface area (Å²) in [5.74, 6) is -0.134. The average Bonchev–Trinajstić information content (AvgIpc) is 2.91. The molecule has 0 unspecified atom stereocenters. The minimum Gasteiger partial charge on any atom is -0.511 e. The number of hydrogen-bond donors (Lipinski definition) is 2. The second-order valence-electron chi connectivity index (χ2n) is 8.99. The van der Waals surface area contributed by atoms with Crippen molar-refractivity contribution < 1.29 is 19.8 Å². The van der Waals surface area contributed by atoms with Crippen LogP contribution < -0.4 is 0 Å². The number of Topliss-reactive ketones (excluding diaryl/α,β-unsaturated/α-hetero) is 1. The molecule has 2 N–H and O–H groups in total. The van der Waals surface area contributed by atoms with E-state index in [2.05, 4.69) is 19.1 Å². The van der Waals surface area contributed by atoms with Gasteiger partial charge in [-0.25, -0.2) is 0 Å². The maximum absolute atomic E-state index is 12.9. The molecule has 2 aliphatic carbocycles. The third kappa shape index (κ3) is 3.50. The van der Waals surface area contributed by atoms with Crippen molar-refractivity contribution >= 4 is 11.7 Å². The summed E-state index contributed by atoms with van der Waals surface area (Å²) in [5, 5.41) is 21.0. The van der Waals surface area contributed by atoms with Crippen LogP contribution in [0, 0.1) is 29.1 Å². The third-order valence-electron chi connectivity index (χ3n) is 7.28. The van der Waals surface area contributed by atoms with Crippen molar-refractivity contribution in [3.05, 3.63) is 47.8 Å². The Kier molecular flexibility index (Phi) is 6.18. The first kappa shape index (κ1) is 21.6. The molecule has 1 saturated heterocycles. The molecule has 1 aliphatic heterocycles. The van der Waals surface area contributed by atoms with Crippen LogP contribution in [0.5, 0.6) is 0 Å². The van der Waals surface area contributed by atoms with Crippen LogP contribution in [-0.4, -0.2) is 46.5 Å². The van der Waals surface area contributed by atoms with Gasteiger partial charge in [0, 0.05) is 18.4 Å². The van der Waals surface area contributed by atoms with Crippen molar-refractivity contribution in [2.24, 2.45) is 29.1 Å². The highest BCUT2D eigenvalue weighted by Gasteiger charge is 2.53. The van der Waals surface area contributed by atoms with Crippen molar-refractivity contribution in [3.63, 3.8) is 0 Å². The molecule has 5 heteroatoms. The molecule has 3 rings (SSSR count). The zero-order valence-corrected chi connectivity index (χ0v) is 17.8. The smallest absolute Gasteiger partial charge is 0.261 e. The van der Waals surface area contributed by atoms with E-state index < -0.39 is 29.8 Å². The number of rotatable bonds is 4. The lowest BCUT2D eigenvalue weighted by Crippen LogP contribution is -2.45. The number of likely N-dealkylation sites (tertiary alicyclic amines) is 1. The van der Waals surface area contributed by atoms with Gasteiger partial charge in [0.25, 0.3) is 5.91 Å². The summed E-state index contributed by atoms with van der Waals surface area (Å²) in [6.45, 7) is 5.74. The van der Waals surface area contributed by atoms with E-state index in [9.17, 15) is 19.8 Å². The number of fused-ring (bicyclic) bond motifs is 1. The number of carbonyl (C=O) groups excluding carboxylic acids is 2. The molecular formula is C24H33NO4. The van der Waals surface area contributed by atoms with E-state index in [-0.39, 0.29) is 23.2 Å². The zero-order valence-electron chi connectivity index (χ0n) is 17.8. The standard InChI is InChI=1S/C24H33NO4/c1-5-6-7-8-17-11-10-16-13-15(2)9-12-18(16)24(17,3)22(28)20-21(27)19(14-26)25(4)23(20)29/h5-8,10-11,15-19,26,28H,9,12-14H2,1-4H3/b6-5+,8-7+,22-20-/t15-,16-,17-,18-,19+,24-/m1/s1. The summed E-state index contributed by atoms with van der Waals surface area (Å²) in [7, 11) is 1.50. The predicted molar refractivity (Wildman–Crippen MR) is 113 cm³/mol. The summed E-state index contributed by atoms with van der Waals surface area (Å²) in [5.41, 5.74) is -0.894. The number of aliphatic hydroxyl groups is 2. The number of aliphatic hydroxyl groups excluding tert-OH is 2. The van der Waals surface area contributed by atoms with Gasteiger partial charge in [-0.2, -0.15) is 0 Å². The van der Waals surface area contributed by atoms with E-state index in [1.165, 1.54) is 11.9 Å². The maximum Gasteiger partial charge on any atom is 0.261 e. The topological polar surface area (TPSA) is 77.8 Å². The molecule has 0 aromatic heterocycles. The number of nitrogens with zero attached hydrogens (tertiary/aromatic N) is 1. The molecule has 0 spiro atoms. The van der Waals surface area contributed by atoms with Gasteiger partial charge in [-0.3, -0.25) is 9.59 Å². The Hall–Kier alpha value is -2.14. The van der Waals surface area contributed by atoms with Gasteiger partial charge in [0.15, 0.2) is 5.78 Å². The molecule has 6 atom stereocenters. The molecule has 1 amide bonds. The average molecular weight is 400 g/mol. The molecule has 5 nitrogen and oxygen atoms in total. The second kappa shape index (κ2) is 8.31. The number of ketones is 1. The molecule has 3 aliphatic rings. The summed E-state index contributed by atoms with van der Waals surface area (Å²) in [4.78, 5) is 26.9. The normalized spacial score (nSPS) is 39.6. The Labute approximate surface area is 173 Å². The lowest BCUT2D eigenvalue weighted by Gasteiger charge is -2.50. The highest BCUT2D eigenvalue weighted by Crippen LogP contribution is 2.56. The van der Waals surface area contributed by atoms with Gasteiger partial charge >= 0.3 is 0 Å². The minimum atomic E-state index is -0.915. The lowest BCUT2D eigenvalue weighted by molar-refractivity contribution is -0.126. The number of carbonyl (C=O) groups is 2. The fourth-order valence-corrected chi connectivity index (χ4v) is 5.44. The molecule has 0 radical (unpaired) electrons. The van der Waals surface area contributed by atoms with Crippen LogP contribution in [0.4, 0.5) is 0 Å². The monoisotopic (exact) mass is 399 g/mol. The molecule has 0 aromatic rings. The van der Waals surface area contributed by atoms with Gasteiger partial charge in [0.2, 0.25) is 0 Å². The van der Waals surface area contributed by atoms with Crippen LogP contribution in [0.15, 0.2) is 47.8 Å². The minimum absolute atomic E-state index is 0.112. The number of hydrogen-bond acceptors (Lipinski definition) is 4. The Morgan fingerprint density at radius 1 is 1.28 bits per heavy atom.